The van der Waals surface area contributed by atoms with Gasteiger partial charge in [-0.25, -0.2) is 4.98 Å². The van der Waals surface area contributed by atoms with E-state index in [1.165, 1.54) is 0 Å². The molecule has 6 nitrogen and oxygen atoms in total. The zero-order valence-electron chi connectivity index (χ0n) is 16.0. The van der Waals surface area contributed by atoms with E-state index >= 15 is 0 Å². The number of ether oxygens (including phenoxy) is 2. The van der Waals surface area contributed by atoms with Crippen molar-refractivity contribution < 1.29 is 9.47 Å². The SMILES string of the molecule is COc1cc(N2CCOCC2)cc(-n2cc(C)nc2-c2ccccc2Cl)c1N. The minimum Gasteiger partial charge on any atom is -0.494 e. The van der Waals surface area contributed by atoms with Gasteiger partial charge in [-0.1, -0.05) is 23.7 Å². The van der Waals surface area contributed by atoms with Crippen LogP contribution in [0.1, 0.15) is 5.69 Å². The molecule has 0 radical (unpaired) electrons. The monoisotopic (exact) mass is 398 g/mol. The van der Waals surface area contributed by atoms with E-state index in [-0.39, 0.29) is 0 Å². The number of halogens is 1. The zero-order chi connectivity index (χ0) is 19.7. The topological polar surface area (TPSA) is 65.5 Å². The molecule has 1 fully saturated rings. The smallest absolute Gasteiger partial charge is 0.146 e. The molecule has 0 saturated carbocycles. The van der Waals surface area contributed by atoms with Crippen molar-refractivity contribution in [3.8, 4) is 22.8 Å². The maximum atomic E-state index is 6.47. The Morgan fingerprint density at radius 1 is 1.18 bits per heavy atom. The van der Waals surface area contributed by atoms with Crippen LogP contribution in [0.3, 0.4) is 0 Å². The molecule has 146 valence electrons. The Kier molecular flexibility index (Phi) is 5.15. The molecule has 0 amide bonds. The van der Waals surface area contributed by atoms with Crippen LogP contribution < -0.4 is 15.4 Å². The summed E-state index contributed by atoms with van der Waals surface area (Å²) < 4.78 is 13.0. The van der Waals surface area contributed by atoms with Crippen LogP contribution in [0.5, 0.6) is 5.75 Å². The van der Waals surface area contributed by atoms with Gasteiger partial charge < -0.3 is 20.1 Å². The number of hydrogen-bond donors (Lipinski definition) is 1. The van der Waals surface area contributed by atoms with Crippen molar-refractivity contribution >= 4 is 23.0 Å². The van der Waals surface area contributed by atoms with Crippen LogP contribution in [-0.4, -0.2) is 43.0 Å². The molecular formula is C21H23ClN4O2. The van der Waals surface area contributed by atoms with Gasteiger partial charge in [-0.2, -0.15) is 0 Å². The van der Waals surface area contributed by atoms with Gasteiger partial charge in [0.1, 0.15) is 11.6 Å². The first-order valence-electron chi connectivity index (χ1n) is 9.20. The van der Waals surface area contributed by atoms with Gasteiger partial charge in [0.2, 0.25) is 0 Å². The number of anilines is 2. The molecule has 1 aliphatic heterocycles. The van der Waals surface area contributed by atoms with E-state index in [2.05, 4.69) is 11.0 Å². The number of nitrogens with zero attached hydrogens (tertiary/aromatic N) is 3. The van der Waals surface area contributed by atoms with Gasteiger partial charge in [0, 0.05) is 36.6 Å². The van der Waals surface area contributed by atoms with Crippen molar-refractivity contribution in [2.75, 3.05) is 44.0 Å². The highest BCUT2D eigenvalue weighted by Gasteiger charge is 2.20. The fourth-order valence-corrected chi connectivity index (χ4v) is 3.70. The van der Waals surface area contributed by atoms with E-state index in [9.17, 15) is 0 Å². The van der Waals surface area contributed by atoms with Crippen LogP contribution in [0.2, 0.25) is 5.02 Å². The van der Waals surface area contributed by atoms with Gasteiger partial charge in [0.05, 0.1) is 42.4 Å². The van der Waals surface area contributed by atoms with E-state index in [0.717, 1.165) is 41.5 Å². The molecule has 0 atom stereocenters. The molecule has 1 saturated heterocycles. The van der Waals surface area contributed by atoms with Crippen molar-refractivity contribution in [2.45, 2.75) is 6.92 Å². The molecule has 0 unspecified atom stereocenters. The summed E-state index contributed by atoms with van der Waals surface area (Å²) in [5.41, 5.74) is 10.6. The molecule has 2 heterocycles. The summed E-state index contributed by atoms with van der Waals surface area (Å²) in [6.07, 6.45) is 1.97. The van der Waals surface area contributed by atoms with Gasteiger partial charge in [0.25, 0.3) is 0 Å². The second kappa shape index (κ2) is 7.73. The van der Waals surface area contributed by atoms with E-state index in [1.54, 1.807) is 7.11 Å². The molecule has 0 spiro atoms. The highest BCUT2D eigenvalue weighted by molar-refractivity contribution is 6.33. The molecule has 3 aromatic rings. The van der Waals surface area contributed by atoms with E-state index < -0.39 is 0 Å². The largest absolute Gasteiger partial charge is 0.494 e. The summed E-state index contributed by atoms with van der Waals surface area (Å²) in [5.74, 6) is 1.38. The van der Waals surface area contributed by atoms with Crippen molar-refractivity contribution in [3.05, 3.63) is 53.3 Å². The Labute approximate surface area is 169 Å². The summed E-state index contributed by atoms with van der Waals surface area (Å²) in [4.78, 5) is 6.98. The average molecular weight is 399 g/mol. The first kappa shape index (κ1) is 18.7. The van der Waals surface area contributed by atoms with Crippen LogP contribution in [0, 0.1) is 6.92 Å². The van der Waals surface area contributed by atoms with E-state index in [0.29, 0.717) is 29.7 Å². The minimum absolute atomic E-state index is 0.560. The van der Waals surface area contributed by atoms with Crippen LogP contribution in [0.15, 0.2) is 42.6 Å². The van der Waals surface area contributed by atoms with Crippen LogP contribution in [0.25, 0.3) is 17.1 Å². The lowest BCUT2D eigenvalue weighted by Gasteiger charge is -2.30. The lowest BCUT2D eigenvalue weighted by molar-refractivity contribution is 0.122. The molecule has 2 aromatic carbocycles. The number of nitrogens with two attached hydrogens (primary N) is 1. The first-order chi connectivity index (χ1) is 13.6. The van der Waals surface area contributed by atoms with Crippen molar-refractivity contribution in [1.82, 2.24) is 9.55 Å². The molecule has 7 heteroatoms. The number of methoxy groups -OCH3 is 1. The Balaban J connectivity index is 1.89. The Morgan fingerprint density at radius 2 is 1.93 bits per heavy atom. The van der Waals surface area contributed by atoms with E-state index in [1.807, 2.05) is 48.0 Å². The first-order valence-corrected chi connectivity index (χ1v) is 9.57. The summed E-state index contributed by atoms with van der Waals surface area (Å²) in [6.45, 7) is 5.02. The van der Waals surface area contributed by atoms with Crippen molar-refractivity contribution in [3.63, 3.8) is 0 Å². The van der Waals surface area contributed by atoms with Gasteiger partial charge in [-0.15, -0.1) is 0 Å². The number of benzene rings is 2. The van der Waals surface area contributed by atoms with Crippen molar-refractivity contribution in [2.24, 2.45) is 0 Å². The molecule has 0 bridgehead atoms. The summed E-state index contributed by atoms with van der Waals surface area (Å²) in [5, 5.41) is 0.643. The standard InChI is InChI=1S/C21H23ClN4O2/c1-14-13-26(21(24-14)16-5-3-4-6-17(16)22)18-11-15(12-19(27-2)20(18)23)25-7-9-28-10-8-25/h3-6,11-13H,7-10,23H2,1-2H3. The fourth-order valence-electron chi connectivity index (χ4n) is 3.48. The molecule has 2 N–H and O–H groups in total. The third kappa shape index (κ3) is 3.41. The molecule has 1 aromatic heterocycles. The third-order valence-electron chi connectivity index (χ3n) is 4.90. The number of morpholine rings is 1. The Hall–Kier alpha value is -2.70. The van der Waals surface area contributed by atoms with Gasteiger partial charge >= 0.3 is 0 Å². The van der Waals surface area contributed by atoms with Crippen LogP contribution >= 0.6 is 11.6 Å². The number of aromatic nitrogens is 2. The normalized spacial score (nSPS) is 14.3. The lowest BCUT2D eigenvalue weighted by atomic mass is 10.1. The maximum absolute atomic E-state index is 6.47. The molecule has 4 rings (SSSR count). The molecule has 28 heavy (non-hydrogen) atoms. The maximum Gasteiger partial charge on any atom is 0.146 e. The summed E-state index contributed by atoms with van der Waals surface area (Å²) in [6, 6.07) is 11.7. The van der Waals surface area contributed by atoms with Crippen LogP contribution in [-0.2, 0) is 4.74 Å². The Morgan fingerprint density at radius 3 is 2.64 bits per heavy atom. The second-order valence-corrected chi connectivity index (χ2v) is 7.14. The molecule has 1 aliphatic rings. The molecular weight excluding hydrogens is 376 g/mol. The highest BCUT2D eigenvalue weighted by Crippen LogP contribution is 2.37. The van der Waals surface area contributed by atoms with Gasteiger partial charge in [-0.05, 0) is 25.1 Å². The van der Waals surface area contributed by atoms with Gasteiger partial charge in [-0.3, -0.25) is 4.57 Å². The quantitative estimate of drug-likeness (QED) is 0.674. The molecule has 0 aliphatic carbocycles. The zero-order valence-corrected chi connectivity index (χ0v) is 16.7. The number of rotatable bonds is 4. The fraction of sp³-hybridized carbons (Fsp3) is 0.286. The third-order valence-corrected chi connectivity index (χ3v) is 5.23. The number of nitrogen functional groups attached to an aromatic ring is 1. The number of hydrogen-bond acceptors (Lipinski definition) is 5. The predicted molar refractivity (Wildman–Crippen MR) is 113 cm³/mol. The Bertz CT molecular complexity index is 996. The van der Waals surface area contributed by atoms with E-state index in [4.69, 9.17) is 31.8 Å². The highest BCUT2D eigenvalue weighted by atomic mass is 35.5. The predicted octanol–water partition coefficient (Wildman–Crippen LogP) is 3.93. The second-order valence-electron chi connectivity index (χ2n) is 6.74. The summed E-state index contributed by atoms with van der Waals surface area (Å²) in [7, 11) is 1.63. The average Bonchev–Trinajstić information content (AvgIpc) is 3.10. The minimum atomic E-state index is 0.560. The van der Waals surface area contributed by atoms with Gasteiger partial charge in [0.15, 0.2) is 0 Å². The number of aryl methyl sites for hydroxylation is 1. The van der Waals surface area contributed by atoms with Crippen LogP contribution in [0.4, 0.5) is 11.4 Å². The summed E-state index contributed by atoms with van der Waals surface area (Å²) >= 11 is 6.45. The lowest BCUT2D eigenvalue weighted by Crippen LogP contribution is -2.36. The van der Waals surface area contributed by atoms with Crippen molar-refractivity contribution in [1.29, 1.82) is 0 Å². The number of imidazole rings is 1.